The molecule has 1 aromatic heterocycles. The minimum absolute atomic E-state index is 0.00777. The number of aromatic nitrogens is 2. The molecule has 0 saturated carbocycles. The Labute approximate surface area is 174 Å². The maximum atomic E-state index is 12.7. The lowest BCUT2D eigenvalue weighted by molar-refractivity contribution is 0.477. The van der Waals surface area contributed by atoms with E-state index in [-0.39, 0.29) is 17.7 Å². The molecule has 0 unspecified atom stereocenters. The van der Waals surface area contributed by atoms with Gasteiger partial charge in [-0.05, 0) is 30.0 Å². The van der Waals surface area contributed by atoms with Crippen LogP contribution in [0.5, 0.6) is 0 Å². The normalized spacial score (nSPS) is 12.8. The molecule has 160 valence electrons. The van der Waals surface area contributed by atoms with Crippen molar-refractivity contribution >= 4 is 15.8 Å². The Hall–Kier alpha value is -2.35. The van der Waals surface area contributed by atoms with Gasteiger partial charge in [0.15, 0.2) is 15.8 Å². The van der Waals surface area contributed by atoms with Crippen LogP contribution in [-0.4, -0.2) is 54.9 Å². The summed E-state index contributed by atoms with van der Waals surface area (Å²) >= 11 is 0. The molecule has 1 aromatic carbocycles. The van der Waals surface area contributed by atoms with Gasteiger partial charge in [-0.2, -0.15) is 5.10 Å². The average Bonchev–Trinajstić information content (AvgIpc) is 3.05. The molecule has 2 aromatic rings. The van der Waals surface area contributed by atoms with Gasteiger partial charge < -0.3 is 10.2 Å². The summed E-state index contributed by atoms with van der Waals surface area (Å²) in [7, 11) is 0.420. The van der Waals surface area contributed by atoms with Crippen LogP contribution in [-0.2, 0) is 28.8 Å². The third kappa shape index (κ3) is 6.59. The van der Waals surface area contributed by atoms with Gasteiger partial charge in [0.2, 0.25) is 0 Å². The van der Waals surface area contributed by atoms with Crippen molar-refractivity contribution in [3.63, 3.8) is 0 Å². The molecule has 0 bridgehead atoms. The molecular weight excluding hydrogens is 386 g/mol. The van der Waals surface area contributed by atoms with Crippen LogP contribution in [0.1, 0.15) is 38.8 Å². The summed E-state index contributed by atoms with van der Waals surface area (Å²) in [6.45, 7) is 9.85. The fourth-order valence-corrected chi connectivity index (χ4v) is 4.04. The van der Waals surface area contributed by atoms with E-state index in [0.717, 1.165) is 11.1 Å². The number of aryl methyl sites for hydroxylation is 1. The molecule has 2 rings (SSSR count). The molecule has 0 spiro atoms. The molecule has 1 N–H and O–H groups in total. The zero-order valence-corrected chi connectivity index (χ0v) is 19.1. The lowest BCUT2D eigenvalue weighted by atomic mass is 9.87. The average molecular weight is 420 g/mol. The van der Waals surface area contributed by atoms with Gasteiger partial charge in [0.05, 0.1) is 23.4 Å². The lowest BCUT2D eigenvalue weighted by Crippen LogP contribution is -2.38. The molecule has 0 radical (unpaired) electrons. The van der Waals surface area contributed by atoms with Crippen LogP contribution in [0, 0.1) is 0 Å². The first kappa shape index (κ1) is 22.9. The molecule has 0 aliphatic rings. The highest BCUT2D eigenvalue weighted by Crippen LogP contribution is 2.23. The number of aliphatic imine (C=N–C) groups is 1. The molecule has 29 heavy (non-hydrogen) atoms. The maximum absolute atomic E-state index is 12.7. The largest absolute Gasteiger partial charge is 0.357 e. The lowest BCUT2D eigenvalue weighted by Gasteiger charge is -2.21. The van der Waals surface area contributed by atoms with Crippen LogP contribution in [0.15, 0.2) is 46.5 Å². The Kier molecular flexibility index (Phi) is 7.46. The molecule has 8 heteroatoms. The number of nitrogens with one attached hydrogen (secondary N) is 1. The molecule has 0 fully saturated rings. The molecule has 7 nitrogen and oxygen atoms in total. The molecule has 0 aliphatic heterocycles. The first-order chi connectivity index (χ1) is 13.5. The second-order valence-corrected chi connectivity index (χ2v) is 10.3. The van der Waals surface area contributed by atoms with Crippen molar-refractivity contribution in [2.24, 2.45) is 12.0 Å². The topological polar surface area (TPSA) is 79.6 Å². The monoisotopic (exact) mass is 419 g/mol. The Morgan fingerprint density at radius 3 is 2.41 bits per heavy atom. The Bertz CT molecular complexity index is 925. The predicted octanol–water partition coefficient (Wildman–Crippen LogP) is 2.59. The van der Waals surface area contributed by atoms with Gasteiger partial charge in [0, 0.05) is 38.9 Å². The molecule has 0 amide bonds. The number of rotatable bonds is 7. The standard InChI is InChI=1S/C21H33N5O2S/c1-7-22-20(25(5)15-17-14-24-26(6)16-17)23-12-13-29(27,28)19-10-8-18(9-11-19)21(2,3)4/h8-11,14,16H,7,12-13,15H2,1-6H3,(H,22,23). The fourth-order valence-electron chi connectivity index (χ4n) is 2.92. The van der Waals surface area contributed by atoms with E-state index in [2.05, 4.69) is 36.2 Å². The van der Waals surface area contributed by atoms with Gasteiger partial charge in [-0.25, -0.2) is 8.42 Å². The zero-order valence-electron chi connectivity index (χ0n) is 18.3. The van der Waals surface area contributed by atoms with Crippen LogP contribution in [0.4, 0.5) is 0 Å². The van der Waals surface area contributed by atoms with E-state index in [4.69, 9.17) is 0 Å². The first-order valence-electron chi connectivity index (χ1n) is 9.83. The quantitative estimate of drug-likeness (QED) is 0.551. The highest BCUT2D eigenvalue weighted by molar-refractivity contribution is 7.91. The van der Waals surface area contributed by atoms with E-state index in [1.54, 1.807) is 16.8 Å². The zero-order chi connectivity index (χ0) is 21.7. The third-order valence-corrected chi connectivity index (χ3v) is 6.29. The van der Waals surface area contributed by atoms with Crippen molar-refractivity contribution in [2.45, 2.75) is 44.6 Å². The summed E-state index contributed by atoms with van der Waals surface area (Å²) in [6, 6.07) is 7.17. The van der Waals surface area contributed by atoms with Crippen LogP contribution < -0.4 is 5.32 Å². The van der Waals surface area contributed by atoms with E-state index in [1.807, 2.05) is 50.4 Å². The van der Waals surface area contributed by atoms with Crippen molar-refractivity contribution < 1.29 is 8.42 Å². The van der Waals surface area contributed by atoms with E-state index in [0.29, 0.717) is 23.9 Å². The Morgan fingerprint density at radius 2 is 1.90 bits per heavy atom. The molecule has 1 heterocycles. The van der Waals surface area contributed by atoms with Crippen molar-refractivity contribution in [1.29, 1.82) is 0 Å². The molecular formula is C21H33N5O2S. The van der Waals surface area contributed by atoms with E-state index in [9.17, 15) is 8.42 Å². The SMILES string of the molecule is CCNC(=NCCS(=O)(=O)c1ccc(C(C)(C)C)cc1)N(C)Cc1cnn(C)c1. The second-order valence-electron chi connectivity index (χ2n) is 8.21. The van der Waals surface area contributed by atoms with Crippen LogP contribution in [0.25, 0.3) is 0 Å². The minimum atomic E-state index is -3.38. The molecule has 0 saturated heterocycles. The number of nitrogens with zero attached hydrogens (tertiary/aromatic N) is 4. The number of hydrogen-bond acceptors (Lipinski definition) is 4. The predicted molar refractivity (Wildman–Crippen MR) is 118 cm³/mol. The third-order valence-electron chi connectivity index (χ3n) is 4.58. The van der Waals surface area contributed by atoms with E-state index in [1.165, 1.54) is 0 Å². The maximum Gasteiger partial charge on any atom is 0.193 e. The number of guanidine groups is 1. The summed E-state index contributed by atoms with van der Waals surface area (Å²) in [6.07, 6.45) is 3.76. The number of sulfone groups is 1. The minimum Gasteiger partial charge on any atom is -0.357 e. The summed E-state index contributed by atoms with van der Waals surface area (Å²) in [4.78, 5) is 6.81. The number of hydrogen-bond donors (Lipinski definition) is 1. The first-order valence-corrected chi connectivity index (χ1v) is 11.5. The molecule has 0 atom stereocenters. The van der Waals surface area contributed by atoms with Crippen LogP contribution in [0.2, 0.25) is 0 Å². The van der Waals surface area contributed by atoms with Crippen LogP contribution >= 0.6 is 0 Å². The smallest absolute Gasteiger partial charge is 0.193 e. The highest BCUT2D eigenvalue weighted by Gasteiger charge is 2.18. The van der Waals surface area contributed by atoms with Gasteiger partial charge in [0.25, 0.3) is 0 Å². The summed E-state index contributed by atoms with van der Waals surface area (Å²) < 4.78 is 27.1. The highest BCUT2D eigenvalue weighted by atomic mass is 32.2. The summed E-state index contributed by atoms with van der Waals surface area (Å²) in [5, 5.41) is 7.39. The Morgan fingerprint density at radius 1 is 1.24 bits per heavy atom. The van der Waals surface area contributed by atoms with Crippen molar-refractivity contribution in [1.82, 2.24) is 20.0 Å². The second kappa shape index (κ2) is 9.43. The van der Waals surface area contributed by atoms with E-state index >= 15 is 0 Å². The number of benzene rings is 1. The summed E-state index contributed by atoms with van der Waals surface area (Å²) in [5.74, 6) is 0.645. The molecule has 0 aliphatic carbocycles. The van der Waals surface area contributed by atoms with Gasteiger partial charge in [0.1, 0.15) is 0 Å². The van der Waals surface area contributed by atoms with Gasteiger partial charge >= 0.3 is 0 Å². The van der Waals surface area contributed by atoms with E-state index < -0.39 is 9.84 Å². The van der Waals surface area contributed by atoms with Gasteiger partial charge in [-0.1, -0.05) is 32.9 Å². The van der Waals surface area contributed by atoms with Crippen LogP contribution in [0.3, 0.4) is 0 Å². The van der Waals surface area contributed by atoms with Gasteiger partial charge in [-0.3, -0.25) is 9.67 Å². The van der Waals surface area contributed by atoms with Crippen molar-refractivity contribution in [3.8, 4) is 0 Å². The van der Waals surface area contributed by atoms with Gasteiger partial charge in [-0.15, -0.1) is 0 Å². The van der Waals surface area contributed by atoms with Crippen molar-refractivity contribution in [2.75, 3.05) is 25.9 Å². The fraction of sp³-hybridized carbons (Fsp3) is 0.524. The Balaban J connectivity index is 2.05. The summed E-state index contributed by atoms with van der Waals surface area (Å²) in [5.41, 5.74) is 2.17. The van der Waals surface area contributed by atoms with Crippen molar-refractivity contribution in [3.05, 3.63) is 47.8 Å².